The maximum absolute atomic E-state index is 12.0. The molecular weight excluding hydrogens is 218 g/mol. The molecule has 1 atom stereocenters. The Balaban J connectivity index is 2.02. The van der Waals surface area contributed by atoms with Gasteiger partial charge in [-0.3, -0.25) is 4.79 Å². The molecule has 0 saturated heterocycles. The van der Waals surface area contributed by atoms with Crippen LogP contribution in [0.2, 0.25) is 0 Å². The topological polar surface area (TPSA) is 78.9 Å². The van der Waals surface area contributed by atoms with E-state index in [9.17, 15) is 4.79 Å². The van der Waals surface area contributed by atoms with Gasteiger partial charge in [0.1, 0.15) is 17.2 Å². The molecule has 0 aliphatic heterocycles. The Morgan fingerprint density at radius 1 is 1.71 bits per heavy atom. The molecule has 1 saturated carbocycles. The first kappa shape index (κ1) is 11.6. The third-order valence-electron chi connectivity index (χ3n) is 3.21. The Hall–Kier alpha value is -1.83. The van der Waals surface area contributed by atoms with Crippen LogP contribution in [0.3, 0.4) is 0 Å². The number of nitrogens with one attached hydrogen (secondary N) is 1. The first-order valence-electron chi connectivity index (χ1n) is 5.72. The minimum absolute atomic E-state index is 0.213. The minimum Gasteiger partial charge on any atom is -0.444 e. The quantitative estimate of drug-likeness (QED) is 0.864. The Labute approximate surface area is 99.8 Å². The van der Waals surface area contributed by atoms with Gasteiger partial charge in [-0.25, -0.2) is 4.98 Å². The molecule has 17 heavy (non-hydrogen) atoms. The van der Waals surface area contributed by atoms with Crippen LogP contribution in [0.1, 0.15) is 43.9 Å². The first-order valence-corrected chi connectivity index (χ1v) is 5.72. The third-order valence-corrected chi connectivity index (χ3v) is 3.21. The minimum atomic E-state index is -0.824. The van der Waals surface area contributed by atoms with E-state index >= 15 is 0 Å². The van der Waals surface area contributed by atoms with Gasteiger partial charge in [-0.1, -0.05) is 0 Å². The van der Waals surface area contributed by atoms with Crippen LogP contribution in [-0.4, -0.2) is 10.9 Å². The van der Waals surface area contributed by atoms with E-state index in [0.29, 0.717) is 24.5 Å². The molecule has 1 aromatic heterocycles. The number of hydrogen-bond acceptors (Lipinski definition) is 4. The zero-order chi connectivity index (χ0) is 12.5. The average Bonchev–Trinajstić information content (AvgIpc) is 2.64. The Kier molecular flexibility index (Phi) is 2.88. The number of aromatic nitrogens is 1. The maximum atomic E-state index is 12.0. The van der Waals surface area contributed by atoms with E-state index in [1.165, 1.54) is 0 Å². The van der Waals surface area contributed by atoms with Crippen molar-refractivity contribution in [2.75, 3.05) is 0 Å². The van der Waals surface area contributed by atoms with Gasteiger partial charge in [0.25, 0.3) is 0 Å². The summed E-state index contributed by atoms with van der Waals surface area (Å²) in [5.74, 6) is 0.970. The number of rotatable bonds is 3. The predicted molar refractivity (Wildman–Crippen MR) is 59.7 cm³/mol. The van der Waals surface area contributed by atoms with Crippen LogP contribution >= 0.6 is 0 Å². The van der Waals surface area contributed by atoms with Crippen LogP contribution < -0.4 is 5.32 Å². The maximum Gasteiger partial charge on any atom is 0.241 e. The van der Waals surface area contributed by atoms with Crippen molar-refractivity contribution in [3.05, 3.63) is 17.8 Å². The highest BCUT2D eigenvalue weighted by Gasteiger charge is 2.45. The molecule has 2 rings (SSSR count). The second kappa shape index (κ2) is 4.21. The van der Waals surface area contributed by atoms with Crippen molar-refractivity contribution >= 4 is 5.91 Å². The average molecular weight is 233 g/mol. The highest BCUT2D eigenvalue weighted by molar-refractivity contribution is 5.86. The van der Waals surface area contributed by atoms with Crippen LogP contribution in [0.25, 0.3) is 0 Å². The standard InChI is InChI=1S/C12H15N3O2/c1-8-6-14-10(17-8)9(2)15-11(16)12(7-13)4-3-5-12/h6,9H,3-5H2,1-2H3,(H,15,16). The fourth-order valence-corrected chi connectivity index (χ4v) is 1.89. The molecule has 1 heterocycles. The van der Waals surface area contributed by atoms with E-state index in [-0.39, 0.29) is 11.9 Å². The zero-order valence-electron chi connectivity index (χ0n) is 9.99. The number of carbonyl (C=O) groups excluding carboxylic acids is 1. The van der Waals surface area contributed by atoms with Crippen molar-refractivity contribution in [1.29, 1.82) is 5.26 Å². The number of oxazole rings is 1. The molecule has 0 bridgehead atoms. The Bertz CT molecular complexity index is 468. The van der Waals surface area contributed by atoms with Gasteiger partial charge >= 0.3 is 0 Å². The lowest BCUT2D eigenvalue weighted by Crippen LogP contribution is -2.45. The SMILES string of the molecule is Cc1cnc(C(C)NC(=O)C2(C#N)CCC2)o1. The van der Waals surface area contributed by atoms with Gasteiger partial charge in [-0.15, -0.1) is 0 Å². The van der Waals surface area contributed by atoms with Gasteiger partial charge in [0.15, 0.2) is 0 Å². The monoisotopic (exact) mass is 233 g/mol. The smallest absolute Gasteiger partial charge is 0.241 e. The summed E-state index contributed by atoms with van der Waals surface area (Å²) in [6.07, 6.45) is 3.84. The van der Waals surface area contributed by atoms with Gasteiger partial charge in [0.2, 0.25) is 11.8 Å². The Morgan fingerprint density at radius 2 is 2.41 bits per heavy atom. The van der Waals surface area contributed by atoms with E-state index in [1.807, 2.05) is 0 Å². The number of hydrogen-bond donors (Lipinski definition) is 1. The number of nitrogens with zero attached hydrogens (tertiary/aromatic N) is 2. The molecule has 0 radical (unpaired) electrons. The zero-order valence-corrected chi connectivity index (χ0v) is 9.99. The van der Waals surface area contributed by atoms with Crippen molar-refractivity contribution in [1.82, 2.24) is 10.3 Å². The number of carbonyl (C=O) groups is 1. The second-order valence-electron chi connectivity index (χ2n) is 4.55. The van der Waals surface area contributed by atoms with E-state index in [4.69, 9.17) is 9.68 Å². The van der Waals surface area contributed by atoms with Crippen molar-refractivity contribution in [3.8, 4) is 6.07 Å². The fourth-order valence-electron chi connectivity index (χ4n) is 1.89. The van der Waals surface area contributed by atoms with Gasteiger partial charge in [-0.2, -0.15) is 5.26 Å². The fraction of sp³-hybridized carbons (Fsp3) is 0.583. The lowest BCUT2D eigenvalue weighted by Gasteiger charge is -2.34. The summed E-state index contributed by atoms with van der Waals surface area (Å²) >= 11 is 0. The van der Waals surface area contributed by atoms with Gasteiger partial charge in [-0.05, 0) is 33.1 Å². The summed E-state index contributed by atoms with van der Waals surface area (Å²) in [4.78, 5) is 16.0. The van der Waals surface area contributed by atoms with E-state index in [2.05, 4.69) is 16.4 Å². The van der Waals surface area contributed by atoms with Gasteiger partial charge < -0.3 is 9.73 Å². The summed E-state index contributed by atoms with van der Waals surface area (Å²) in [7, 11) is 0. The predicted octanol–water partition coefficient (Wildman–Crippen LogP) is 1.85. The first-order chi connectivity index (χ1) is 8.07. The summed E-state index contributed by atoms with van der Waals surface area (Å²) < 4.78 is 5.34. The largest absolute Gasteiger partial charge is 0.444 e. The van der Waals surface area contributed by atoms with Crippen LogP contribution in [0.5, 0.6) is 0 Å². The molecular formula is C12H15N3O2. The molecule has 1 aliphatic carbocycles. The number of nitriles is 1. The summed E-state index contributed by atoms with van der Waals surface area (Å²) in [5, 5.41) is 11.8. The molecule has 90 valence electrons. The third kappa shape index (κ3) is 2.03. The second-order valence-corrected chi connectivity index (χ2v) is 4.55. The molecule has 1 unspecified atom stereocenters. The normalized spacial score (nSPS) is 18.9. The lowest BCUT2D eigenvalue weighted by atomic mass is 9.69. The van der Waals surface area contributed by atoms with E-state index in [1.54, 1.807) is 20.0 Å². The van der Waals surface area contributed by atoms with E-state index in [0.717, 1.165) is 6.42 Å². The number of amides is 1. The molecule has 1 fully saturated rings. The summed E-state index contributed by atoms with van der Waals surface area (Å²) in [6, 6.07) is 1.81. The Morgan fingerprint density at radius 3 is 2.82 bits per heavy atom. The van der Waals surface area contributed by atoms with Crippen molar-refractivity contribution < 1.29 is 9.21 Å². The highest BCUT2D eigenvalue weighted by atomic mass is 16.4. The van der Waals surface area contributed by atoms with Crippen LogP contribution in [0.15, 0.2) is 10.6 Å². The molecule has 0 spiro atoms. The van der Waals surface area contributed by atoms with Gasteiger partial charge in [0.05, 0.1) is 12.3 Å². The molecule has 5 nitrogen and oxygen atoms in total. The van der Waals surface area contributed by atoms with Crippen molar-refractivity contribution in [2.45, 2.75) is 39.2 Å². The molecule has 1 N–H and O–H groups in total. The summed E-state index contributed by atoms with van der Waals surface area (Å²) in [6.45, 7) is 3.60. The van der Waals surface area contributed by atoms with Gasteiger partial charge in [0, 0.05) is 0 Å². The van der Waals surface area contributed by atoms with Crippen molar-refractivity contribution in [3.63, 3.8) is 0 Å². The molecule has 5 heteroatoms. The van der Waals surface area contributed by atoms with Crippen LogP contribution in [0, 0.1) is 23.7 Å². The van der Waals surface area contributed by atoms with Crippen molar-refractivity contribution in [2.24, 2.45) is 5.41 Å². The molecule has 0 aromatic carbocycles. The molecule has 1 amide bonds. The number of aryl methyl sites for hydroxylation is 1. The lowest BCUT2D eigenvalue weighted by molar-refractivity contribution is -0.132. The van der Waals surface area contributed by atoms with E-state index < -0.39 is 5.41 Å². The summed E-state index contributed by atoms with van der Waals surface area (Å²) in [5.41, 5.74) is -0.824. The van der Waals surface area contributed by atoms with Crippen LogP contribution in [0.4, 0.5) is 0 Å². The van der Waals surface area contributed by atoms with Crippen LogP contribution in [-0.2, 0) is 4.79 Å². The molecule has 1 aliphatic rings. The highest BCUT2D eigenvalue weighted by Crippen LogP contribution is 2.40. The molecule has 1 aromatic rings.